The smallest absolute Gasteiger partial charge is 0.414 e. The van der Waals surface area contributed by atoms with Crippen LogP contribution < -0.4 is 5.32 Å². The van der Waals surface area contributed by atoms with Gasteiger partial charge in [-0.15, -0.1) is 11.8 Å². The van der Waals surface area contributed by atoms with Crippen LogP contribution in [0.5, 0.6) is 0 Å². The molecule has 0 atom stereocenters. The lowest BCUT2D eigenvalue weighted by atomic mass is 10.3. The molecule has 0 saturated carbocycles. The highest BCUT2D eigenvalue weighted by Gasteiger charge is 2.07. The number of carbonyl (C=O) groups is 1. The number of benzene rings is 1. The van der Waals surface area contributed by atoms with Gasteiger partial charge in [0.05, 0.1) is 11.0 Å². The molecule has 0 aliphatic heterocycles. The molecule has 0 unspecified atom stereocenters. The van der Waals surface area contributed by atoms with Crippen LogP contribution in [0.15, 0.2) is 35.7 Å². The largest absolute Gasteiger partial charge is 0.445 e. The van der Waals surface area contributed by atoms with Gasteiger partial charge in [-0.2, -0.15) is 0 Å². The third kappa shape index (κ3) is 3.77. The number of anilines is 1. The summed E-state index contributed by atoms with van der Waals surface area (Å²) in [6.45, 7) is 5.80. The number of thioether (sulfide) groups is 1. The van der Waals surface area contributed by atoms with Gasteiger partial charge in [0.15, 0.2) is 0 Å². The Balaban J connectivity index is 2.08. The predicted molar refractivity (Wildman–Crippen MR) is 82.3 cm³/mol. The van der Waals surface area contributed by atoms with E-state index in [1.54, 1.807) is 11.8 Å². The highest BCUT2D eigenvalue weighted by Crippen LogP contribution is 2.23. The number of fused-ring (bicyclic) bond motifs is 1. The number of nitrogens with one attached hydrogen (secondary N) is 2. The summed E-state index contributed by atoms with van der Waals surface area (Å²) in [5, 5.41) is 2.55. The molecule has 20 heavy (non-hydrogen) atoms. The predicted octanol–water partition coefficient (Wildman–Crippen LogP) is 3.80. The van der Waals surface area contributed by atoms with Crippen LogP contribution in [-0.4, -0.2) is 28.4 Å². The SMILES string of the molecule is C=CCOC(=O)Nc1nc2ccc(SCCC)cc2[nH]1. The van der Waals surface area contributed by atoms with E-state index in [-0.39, 0.29) is 6.61 Å². The minimum Gasteiger partial charge on any atom is -0.445 e. The Kier molecular flexibility index (Phi) is 5.06. The quantitative estimate of drug-likeness (QED) is 0.627. The van der Waals surface area contributed by atoms with Crippen molar-refractivity contribution in [2.75, 3.05) is 17.7 Å². The van der Waals surface area contributed by atoms with Gasteiger partial charge in [0.1, 0.15) is 6.61 Å². The van der Waals surface area contributed by atoms with Crippen molar-refractivity contribution >= 4 is 34.8 Å². The number of hydrogen-bond acceptors (Lipinski definition) is 4. The molecule has 0 bridgehead atoms. The molecule has 0 saturated heterocycles. The summed E-state index contributed by atoms with van der Waals surface area (Å²) in [6.07, 6.45) is 2.09. The maximum atomic E-state index is 11.4. The number of hydrogen-bond donors (Lipinski definition) is 2. The number of carbonyl (C=O) groups excluding carboxylic acids is 1. The topological polar surface area (TPSA) is 67.0 Å². The molecular formula is C14H17N3O2S. The lowest BCUT2D eigenvalue weighted by molar-refractivity contribution is 0.174. The summed E-state index contributed by atoms with van der Waals surface area (Å²) < 4.78 is 4.84. The number of H-pyrrole nitrogens is 1. The van der Waals surface area contributed by atoms with E-state index in [4.69, 9.17) is 4.74 Å². The second-order valence-corrected chi connectivity index (χ2v) is 5.29. The van der Waals surface area contributed by atoms with Gasteiger partial charge in [-0.25, -0.2) is 9.78 Å². The normalized spacial score (nSPS) is 10.4. The number of ether oxygens (including phenoxy) is 1. The van der Waals surface area contributed by atoms with E-state index in [0.717, 1.165) is 23.2 Å². The van der Waals surface area contributed by atoms with Gasteiger partial charge < -0.3 is 9.72 Å². The van der Waals surface area contributed by atoms with E-state index in [9.17, 15) is 4.79 Å². The Bertz CT molecular complexity index is 609. The van der Waals surface area contributed by atoms with E-state index in [1.807, 2.05) is 18.2 Å². The van der Waals surface area contributed by atoms with Gasteiger partial charge in [-0.3, -0.25) is 5.32 Å². The van der Waals surface area contributed by atoms with Crippen molar-refractivity contribution in [2.24, 2.45) is 0 Å². The summed E-state index contributed by atoms with van der Waals surface area (Å²) in [5.74, 6) is 1.46. The number of nitrogens with zero attached hydrogens (tertiary/aromatic N) is 1. The van der Waals surface area contributed by atoms with Crippen LogP contribution in [0.2, 0.25) is 0 Å². The van der Waals surface area contributed by atoms with Gasteiger partial charge >= 0.3 is 6.09 Å². The van der Waals surface area contributed by atoms with Crippen LogP contribution in [-0.2, 0) is 4.74 Å². The lowest BCUT2D eigenvalue weighted by Gasteiger charge is -2.00. The maximum absolute atomic E-state index is 11.4. The maximum Gasteiger partial charge on any atom is 0.414 e. The van der Waals surface area contributed by atoms with Crippen LogP contribution >= 0.6 is 11.8 Å². The highest BCUT2D eigenvalue weighted by atomic mass is 32.2. The van der Waals surface area contributed by atoms with E-state index in [2.05, 4.69) is 28.8 Å². The fourth-order valence-corrected chi connectivity index (χ4v) is 2.43. The molecule has 0 aliphatic carbocycles. The van der Waals surface area contributed by atoms with Gasteiger partial charge in [-0.05, 0) is 30.4 Å². The zero-order chi connectivity index (χ0) is 14.4. The van der Waals surface area contributed by atoms with E-state index in [0.29, 0.717) is 5.95 Å². The zero-order valence-corrected chi connectivity index (χ0v) is 12.1. The fraction of sp³-hybridized carbons (Fsp3) is 0.286. The summed E-state index contributed by atoms with van der Waals surface area (Å²) in [7, 11) is 0. The summed E-state index contributed by atoms with van der Waals surface area (Å²) in [4.78, 5) is 19.9. The molecule has 6 heteroatoms. The Labute approximate surface area is 121 Å². The molecule has 0 radical (unpaired) electrons. The van der Waals surface area contributed by atoms with Crippen LogP contribution in [0.3, 0.4) is 0 Å². The standard InChI is InChI=1S/C14H17N3O2S/c1-3-7-19-14(18)17-13-15-11-6-5-10(20-8-4-2)9-12(11)16-13/h3,5-6,9H,1,4,7-8H2,2H3,(H2,15,16,17,18). The van der Waals surface area contributed by atoms with E-state index < -0.39 is 6.09 Å². The first-order valence-electron chi connectivity index (χ1n) is 6.40. The van der Waals surface area contributed by atoms with Crippen LogP contribution in [0.1, 0.15) is 13.3 Å². The van der Waals surface area contributed by atoms with Crippen LogP contribution in [0.25, 0.3) is 11.0 Å². The minimum atomic E-state index is -0.551. The molecule has 0 fully saturated rings. The molecule has 0 aliphatic rings. The average Bonchev–Trinajstić information content (AvgIpc) is 2.84. The first-order valence-corrected chi connectivity index (χ1v) is 7.38. The van der Waals surface area contributed by atoms with Crippen molar-refractivity contribution in [3.05, 3.63) is 30.9 Å². The first-order chi connectivity index (χ1) is 9.72. The van der Waals surface area contributed by atoms with Crippen molar-refractivity contribution in [3.63, 3.8) is 0 Å². The monoisotopic (exact) mass is 291 g/mol. The van der Waals surface area contributed by atoms with Gasteiger partial charge in [0.2, 0.25) is 5.95 Å². The van der Waals surface area contributed by atoms with Gasteiger partial charge in [-0.1, -0.05) is 19.6 Å². The lowest BCUT2D eigenvalue weighted by Crippen LogP contribution is -2.14. The van der Waals surface area contributed by atoms with Crippen molar-refractivity contribution in [2.45, 2.75) is 18.2 Å². The van der Waals surface area contributed by atoms with Crippen molar-refractivity contribution < 1.29 is 9.53 Å². The molecule has 1 aromatic carbocycles. The van der Waals surface area contributed by atoms with Crippen molar-refractivity contribution in [1.82, 2.24) is 9.97 Å². The van der Waals surface area contributed by atoms with E-state index in [1.165, 1.54) is 11.0 Å². The summed E-state index contributed by atoms with van der Waals surface area (Å²) in [5.41, 5.74) is 1.70. The molecule has 106 valence electrons. The molecule has 1 aromatic heterocycles. The second-order valence-electron chi connectivity index (χ2n) is 4.12. The van der Waals surface area contributed by atoms with E-state index >= 15 is 0 Å². The first kappa shape index (κ1) is 14.5. The van der Waals surface area contributed by atoms with Crippen molar-refractivity contribution in [1.29, 1.82) is 0 Å². The fourth-order valence-electron chi connectivity index (χ4n) is 1.63. The Morgan fingerprint density at radius 2 is 2.45 bits per heavy atom. The highest BCUT2D eigenvalue weighted by molar-refractivity contribution is 7.99. The minimum absolute atomic E-state index is 0.171. The molecule has 0 spiro atoms. The van der Waals surface area contributed by atoms with Crippen molar-refractivity contribution in [3.8, 4) is 0 Å². The summed E-state index contributed by atoms with van der Waals surface area (Å²) >= 11 is 1.80. The summed E-state index contributed by atoms with van der Waals surface area (Å²) in [6, 6.07) is 6.00. The molecule has 1 amide bonds. The molecular weight excluding hydrogens is 274 g/mol. The Morgan fingerprint density at radius 3 is 3.20 bits per heavy atom. The van der Waals surface area contributed by atoms with Crippen LogP contribution in [0, 0.1) is 0 Å². The average molecular weight is 291 g/mol. The zero-order valence-electron chi connectivity index (χ0n) is 11.3. The third-order valence-corrected chi connectivity index (χ3v) is 3.68. The van der Waals surface area contributed by atoms with Gasteiger partial charge in [0, 0.05) is 4.90 Å². The molecule has 2 aromatic rings. The third-order valence-electron chi connectivity index (χ3n) is 2.48. The van der Waals surface area contributed by atoms with Gasteiger partial charge in [0.25, 0.3) is 0 Å². The second kappa shape index (κ2) is 7.00. The Morgan fingerprint density at radius 1 is 1.60 bits per heavy atom. The number of aromatic amines is 1. The number of amides is 1. The molecule has 5 nitrogen and oxygen atoms in total. The molecule has 2 N–H and O–H groups in total. The molecule has 2 rings (SSSR count). The number of imidazole rings is 1. The Hall–Kier alpha value is -1.95. The van der Waals surface area contributed by atoms with Crippen LogP contribution in [0.4, 0.5) is 10.7 Å². The molecule has 1 heterocycles. The number of aromatic nitrogens is 2. The number of rotatable bonds is 6.